The van der Waals surface area contributed by atoms with Gasteiger partial charge in [0.15, 0.2) is 0 Å². The molecule has 0 fully saturated rings. The molecule has 5 heteroatoms. The molecule has 0 N–H and O–H groups in total. The van der Waals surface area contributed by atoms with E-state index in [0.717, 1.165) is 46.1 Å². The lowest BCUT2D eigenvalue weighted by Crippen LogP contribution is -2.33. The number of nitrogens with zero attached hydrogens (tertiary/aromatic N) is 2. The first kappa shape index (κ1) is 17.6. The Hall–Kier alpha value is -3.47. The Kier molecular flexibility index (Phi) is 4.35. The zero-order valence-electron chi connectivity index (χ0n) is 16.4. The Morgan fingerprint density at radius 2 is 1.72 bits per heavy atom. The van der Waals surface area contributed by atoms with Crippen molar-refractivity contribution in [2.45, 2.75) is 18.7 Å². The summed E-state index contributed by atoms with van der Waals surface area (Å²) in [7, 11) is 3.33. The lowest BCUT2D eigenvalue weighted by molar-refractivity contribution is -0.0190. The Morgan fingerprint density at radius 3 is 2.52 bits per heavy atom. The van der Waals surface area contributed by atoms with Crippen molar-refractivity contribution in [1.29, 1.82) is 0 Å². The highest BCUT2D eigenvalue weighted by molar-refractivity contribution is 6.04. The fraction of sp³-hybridized carbons (Fsp3) is 0.208. The monoisotopic (exact) mass is 386 g/mol. The van der Waals surface area contributed by atoms with Gasteiger partial charge in [-0.05, 0) is 18.2 Å². The molecule has 2 unspecified atom stereocenters. The molecule has 5 rings (SSSR count). The van der Waals surface area contributed by atoms with Crippen LogP contribution in [-0.2, 0) is 0 Å². The van der Waals surface area contributed by atoms with Crippen LogP contribution in [-0.4, -0.2) is 24.9 Å². The number of benzene rings is 3. The number of methoxy groups -OCH3 is 2. The zero-order valence-corrected chi connectivity index (χ0v) is 16.4. The van der Waals surface area contributed by atoms with Gasteiger partial charge in [-0.3, -0.25) is 0 Å². The van der Waals surface area contributed by atoms with Crippen LogP contribution in [0.15, 0.2) is 77.9 Å². The summed E-state index contributed by atoms with van der Waals surface area (Å²) in [5.41, 5.74) is 4.20. The highest BCUT2D eigenvalue weighted by atomic mass is 16.5. The first-order valence-electron chi connectivity index (χ1n) is 9.67. The minimum absolute atomic E-state index is 0.118. The molecule has 2 atom stereocenters. The maximum atomic E-state index is 6.38. The molecule has 5 nitrogen and oxygen atoms in total. The van der Waals surface area contributed by atoms with Gasteiger partial charge in [-0.1, -0.05) is 48.5 Å². The maximum Gasteiger partial charge on any atom is 0.213 e. The Balaban J connectivity index is 1.59. The van der Waals surface area contributed by atoms with Crippen molar-refractivity contribution in [3.05, 3.63) is 89.5 Å². The summed E-state index contributed by atoms with van der Waals surface area (Å²) in [5.74, 6) is 2.44. The summed E-state index contributed by atoms with van der Waals surface area (Å²) >= 11 is 0. The molecular formula is C24H22N2O3. The van der Waals surface area contributed by atoms with Crippen LogP contribution in [0.2, 0.25) is 0 Å². The second-order valence-electron chi connectivity index (χ2n) is 7.13. The van der Waals surface area contributed by atoms with E-state index in [2.05, 4.69) is 29.3 Å². The van der Waals surface area contributed by atoms with Gasteiger partial charge >= 0.3 is 0 Å². The summed E-state index contributed by atoms with van der Waals surface area (Å²) in [5, 5.41) is 7.09. The van der Waals surface area contributed by atoms with Crippen LogP contribution in [0.3, 0.4) is 0 Å². The molecule has 0 aromatic heterocycles. The number of rotatable bonds is 4. The van der Waals surface area contributed by atoms with E-state index in [-0.39, 0.29) is 12.3 Å². The van der Waals surface area contributed by atoms with E-state index in [1.54, 1.807) is 14.2 Å². The summed E-state index contributed by atoms with van der Waals surface area (Å²) in [6, 6.07) is 24.4. The summed E-state index contributed by atoms with van der Waals surface area (Å²) in [6.45, 7) is 0. The van der Waals surface area contributed by atoms with Crippen molar-refractivity contribution in [3.63, 3.8) is 0 Å². The molecule has 29 heavy (non-hydrogen) atoms. The molecule has 2 aliphatic rings. The standard InChI is InChI=1S/C24H22N2O3/c1-27-17-12-13-18(23(14-17)28-2)20-15-21-19-10-6-7-11-22(19)29-24(26(21)25-20)16-8-4-3-5-9-16/h3-14,21,24H,15H2,1-2H3. The van der Waals surface area contributed by atoms with Crippen molar-refractivity contribution in [1.82, 2.24) is 5.01 Å². The Bertz CT molecular complexity index is 1060. The maximum absolute atomic E-state index is 6.38. The molecule has 0 saturated carbocycles. The first-order valence-corrected chi connectivity index (χ1v) is 9.67. The van der Waals surface area contributed by atoms with Crippen LogP contribution in [0.4, 0.5) is 0 Å². The highest BCUT2D eigenvalue weighted by Crippen LogP contribution is 2.48. The van der Waals surface area contributed by atoms with E-state index in [1.807, 2.05) is 48.5 Å². The zero-order chi connectivity index (χ0) is 19.8. The van der Waals surface area contributed by atoms with Crippen molar-refractivity contribution in [2.24, 2.45) is 5.10 Å². The second kappa shape index (κ2) is 7.17. The SMILES string of the molecule is COc1ccc(C2=NN3C(C2)c2ccccc2OC3c2ccccc2)c(OC)c1. The van der Waals surface area contributed by atoms with Crippen LogP contribution in [0.25, 0.3) is 0 Å². The van der Waals surface area contributed by atoms with Crippen molar-refractivity contribution in [2.75, 3.05) is 14.2 Å². The van der Waals surface area contributed by atoms with Gasteiger partial charge in [-0.25, -0.2) is 5.01 Å². The molecule has 0 amide bonds. The van der Waals surface area contributed by atoms with Gasteiger partial charge in [-0.2, -0.15) is 5.10 Å². The fourth-order valence-corrected chi connectivity index (χ4v) is 4.07. The van der Waals surface area contributed by atoms with Crippen molar-refractivity contribution < 1.29 is 14.2 Å². The largest absolute Gasteiger partial charge is 0.497 e. The lowest BCUT2D eigenvalue weighted by atomic mass is 9.95. The van der Waals surface area contributed by atoms with E-state index in [4.69, 9.17) is 19.3 Å². The third kappa shape index (κ3) is 2.99. The molecule has 2 aliphatic heterocycles. The van der Waals surface area contributed by atoms with Crippen LogP contribution in [0.5, 0.6) is 17.2 Å². The normalized spacial score (nSPS) is 19.7. The van der Waals surface area contributed by atoms with Gasteiger partial charge in [0.1, 0.15) is 17.2 Å². The molecule has 146 valence electrons. The van der Waals surface area contributed by atoms with E-state index < -0.39 is 0 Å². The lowest BCUT2D eigenvalue weighted by Gasteiger charge is -2.38. The van der Waals surface area contributed by atoms with E-state index in [9.17, 15) is 0 Å². The minimum Gasteiger partial charge on any atom is -0.497 e. The Morgan fingerprint density at radius 1 is 0.931 bits per heavy atom. The number of fused-ring (bicyclic) bond motifs is 3. The number of para-hydroxylation sites is 1. The quantitative estimate of drug-likeness (QED) is 0.637. The molecule has 3 aromatic carbocycles. The van der Waals surface area contributed by atoms with Crippen LogP contribution in [0, 0.1) is 0 Å². The Labute approximate surface area is 170 Å². The number of hydrazone groups is 1. The molecule has 3 aromatic rings. The molecular weight excluding hydrogens is 364 g/mol. The van der Waals surface area contributed by atoms with Gasteiger partial charge < -0.3 is 14.2 Å². The summed E-state index contributed by atoms with van der Waals surface area (Å²) in [6.07, 6.45) is 0.518. The van der Waals surface area contributed by atoms with Gasteiger partial charge in [0.25, 0.3) is 0 Å². The van der Waals surface area contributed by atoms with Crippen molar-refractivity contribution >= 4 is 5.71 Å². The molecule has 0 saturated heterocycles. The molecule has 0 radical (unpaired) electrons. The van der Waals surface area contributed by atoms with Crippen molar-refractivity contribution in [3.8, 4) is 17.2 Å². The van der Waals surface area contributed by atoms with E-state index >= 15 is 0 Å². The van der Waals surface area contributed by atoms with E-state index in [1.165, 1.54) is 0 Å². The fourth-order valence-electron chi connectivity index (χ4n) is 4.07. The van der Waals surface area contributed by atoms with E-state index in [0.29, 0.717) is 0 Å². The predicted molar refractivity (Wildman–Crippen MR) is 112 cm³/mol. The summed E-state index contributed by atoms with van der Waals surface area (Å²) in [4.78, 5) is 0. The van der Waals surface area contributed by atoms with Crippen LogP contribution in [0.1, 0.15) is 35.4 Å². The summed E-state index contributed by atoms with van der Waals surface area (Å²) < 4.78 is 17.3. The molecule has 0 spiro atoms. The molecule has 0 bridgehead atoms. The first-order chi connectivity index (χ1) is 14.3. The highest BCUT2D eigenvalue weighted by Gasteiger charge is 2.41. The smallest absolute Gasteiger partial charge is 0.213 e. The molecule has 0 aliphatic carbocycles. The van der Waals surface area contributed by atoms with Crippen LogP contribution < -0.4 is 14.2 Å². The average molecular weight is 386 g/mol. The third-order valence-electron chi connectivity index (χ3n) is 5.50. The second-order valence-corrected chi connectivity index (χ2v) is 7.13. The average Bonchev–Trinajstić information content (AvgIpc) is 3.24. The predicted octanol–water partition coefficient (Wildman–Crippen LogP) is 4.95. The topological polar surface area (TPSA) is 43.3 Å². The van der Waals surface area contributed by atoms with Gasteiger partial charge in [0.05, 0.1) is 26.0 Å². The van der Waals surface area contributed by atoms with Gasteiger partial charge in [0, 0.05) is 29.2 Å². The number of hydrogen-bond donors (Lipinski definition) is 0. The van der Waals surface area contributed by atoms with Gasteiger partial charge in [0.2, 0.25) is 6.23 Å². The minimum atomic E-state index is -0.266. The number of ether oxygens (including phenoxy) is 3. The van der Waals surface area contributed by atoms with Crippen LogP contribution >= 0.6 is 0 Å². The third-order valence-corrected chi connectivity index (χ3v) is 5.50. The molecule has 2 heterocycles. The number of hydrogen-bond acceptors (Lipinski definition) is 5. The van der Waals surface area contributed by atoms with Gasteiger partial charge in [-0.15, -0.1) is 0 Å².